The van der Waals surface area contributed by atoms with Crippen LogP contribution in [0.25, 0.3) is 0 Å². The van der Waals surface area contributed by atoms with E-state index in [1.54, 1.807) is 7.11 Å². The molecule has 1 fully saturated rings. The average Bonchev–Trinajstić information content (AvgIpc) is 3.07. The third-order valence-corrected chi connectivity index (χ3v) is 4.22. The van der Waals surface area contributed by atoms with Gasteiger partial charge < -0.3 is 4.74 Å². The van der Waals surface area contributed by atoms with Crippen LogP contribution in [0.3, 0.4) is 0 Å². The van der Waals surface area contributed by atoms with E-state index in [0.29, 0.717) is 22.8 Å². The van der Waals surface area contributed by atoms with Gasteiger partial charge in [-0.3, -0.25) is 0 Å². The van der Waals surface area contributed by atoms with Crippen molar-refractivity contribution in [2.24, 2.45) is 5.92 Å². The number of nitrogens with zero attached hydrogens (tertiary/aromatic N) is 2. The molecule has 1 aliphatic carbocycles. The molecule has 5 heteroatoms. The van der Waals surface area contributed by atoms with E-state index in [4.69, 9.17) is 16.3 Å². The van der Waals surface area contributed by atoms with E-state index in [9.17, 15) is 0 Å². The van der Waals surface area contributed by atoms with E-state index in [1.807, 2.05) is 0 Å². The molecule has 1 aliphatic rings. The molecule has 1 unspecified atom stereocenters. The second-order valence-corrected chi connectivity index (χ2v) is 5.90. The maximum Gasteiger partial charge on any atom is 0.159 e. The summed E-state index contributed by atoms with van der Waals surface area (Å²) in [7, 11) is 1.68. The second-order valence-electron chi connectivity index (χ2n) is 4.75. The Kier molecular flexibility index (Phi) is 4.06. The first-order chi connectivity index (χ1) is 8.04. The number of ether oxygens (including phenoxy) is 1. The van der Waals surface area contributed by atoms with Crippen molar-refractivity contribution in [3.05, 3.63) is 21.1 Å². The van der Waals surface area contributed by atoms with Crippen molar-refractivity contribution in [2.75, 3.05) is 7.11 Å². The minimum Gasteiger partial charge on any atom is -0.373 e. The first kappa shape index (κ1) is 13.2. The third kappa shape index (κ3) is 2.80. The lowest BCUT2D eigenvalue weighted by atomic mass is 10.1. The Morgan fingerprint density at radius 1 is 1.35 bits per heavy atom. The smallest absolute Gasteiger partial charge is 0.159 e. The van der Waals surface area contributed by atoms with Crippen molar-refractivity contribution in [1.29, 1.82) is 0 Å². The Morgan fingerprint density at radius 2 is 2.00 bits per heavy atom. The molecule has 94 valence electrons. The van der Waals surface area contributed by atoms with Crippen molar-refractivity contribution in [3.8, 4) is 0 Å². The van der Waals surface area contributed by atoms with Crippen LogP contribution in [0, 0.1) is 5.92 Å². The molecule has 1 heterocycles. The zero-order valence-electron chi connectivity index (χ0n) is 10.2. The maximum absolute atomic E-state index is 6.14. The number of rotatable bonds is 4. The Morgan fingerprint density at radius 3 is 2.47 bits per heavy atom. The summed E-state index contributed by atoms with van der Waals surface area (Å²) in [4.78, 5) is 8.94. The van der Waals surface area contributed by atoms with E-state index in [1.165, 1.54) is 12.8 Å². The lowest BCUT2D eigenvalue weighted by Crippen LogP contribution is -2.14. The number of aromatic nitrogens is 2. The fraction of sp³-hybridized carbons (Fsp3) is 0.667. The minimum atomic E-state index is -0.0990. The van der Waals surface area contributed by atoms with Gasteiger partial charge in [-0.05, 0) is 34.7 Å². The summed E-state index contributed by atoms with van der Waals surface area (Å²) in [6, 6.07) is 0. The molecule has 2 rings (SSSR count). The summed E-state index contributed by atoms with van der Waals surface area (Å²) in [5.74, 6) is 1.55. The predicted molar refractivity (Wildman–Crippen MR) is 71.3 cm³/mol. The van der Waals surface area contributed by atoms with Gasteiger partial charge in [0.25, 0.3) is 0 Å². The Labute approximate surface area is 115 Å². The molecule has 0 bridgehead atoms. The standard InChI is InChI=1S/C12H16BrClN2O/c1-6(2)10(17-3)12-15-9(7-4-5-7)8(13)11(14)16-12/h6-7,10H,4-5H2,1-3H3. The van der Waals surface area contributed by atoms with Gasteiger partial charge in [0, 0.05) is 13.0 Å². The Bertz CT molecular complexity index is 421. The molecular formula is C12H16BrClN2O. The zero-order chi connectivity index (χ0) is 12.6. The summed E-state index contributed by atoms with van der Waals surface area (Å²) >= 11 is 9.61. The lowest BCUT2D eigenvalue weighted by Gasteiger charge is -2.19. The van der Waals surface area contributed by atoms with Gasteiger partial charge in [0.1, 0.15) is 11.3 Å². The number of methoxy groups -OCH3 is 1. The molecule has 0 saturated heterocycles. The van der Waals surface area contributed by atoms with Crippen molar-refractivity contribution >= 4 is 27.5 Å². The quantitative estimate of drug-likeness (QED) is 0.783. The molecule has 0 N–H and O–H groups in total. The SMILES string of the molecule is COC(c1nc(Cl)c(Br)c(C2CC2)n1)C(C)C. The van der Waals surface area contributed by atoms with E-state index in [0.717, 1.165) is 10.2 Å². The highest BCUT2D eigenvalue weighted by molar-refractivity contribution is 9.10. The molecule has 0 radical (unpaired) electrons. The highest BCUT2D eigenvalue weighted by Crippen LogP contribution is 2.44. The van der Waals surface area contributed by atoms with Crippen LogP contribution in [0.15, 0.2) is 4.47 Å². The van der Waals surface area contributed by atoms with Gasteiger partial charge in [0.15, 0.2) is 5.82 Å². The van der Waals surface area contributed by atoms with Crippen LogP contribution in [0.4, 0.5) is 0 Å². The molecule has 0 spiro atoms. The van der Waals surface area contributed by atoms with Crippen LogP contribution in [-0.4, -0.2) is 17.1 Å². The Balaban J connectivity index is 2.40. The molecule has 1 saturated carbocycles. The summed E-state index contributed by atoms with van der Waals surface area (Å²) in [5.41, 5.74) is 1.03. The molecule has 0 aliphatic heterocycles. The van der Waals surface area contributed by atoms with Crippen LogP contribution in [0.2, 0.25) is 5.15 Å². The van der Waals surface area contributed by atoms with E-state index >= 15 is 0 Å². The zero-order valence-corrected chi connectivity index (χ0v) is 12.5. The maximum atomic E-state index is 6.14. The van der Waals surface area contributed by atoms with Crippen molar-refractivity contribution in [3.63, 3.8) is 0 Å². The highest BCUT2D eigenvalue weighted by atomic mass is 79.9. The predicted octanol–water partition coefficient (Wildman–Crippen LogP) is 4.11. The monoisotopic (exact) mass is 318 g/mol. The van der Waals surface area contributed by atoms with Crippen LogP contribution in [0.1, 0.15) is 50.2 Å². The van der Waals surface area contributed by atoms with Gasteiger partial charge in [-0.2, -0.15) is 0 Å². The van der Waals surface area contributed by atoms with Gasteiger partial charge in [0.2, 0.25) is 0 Å². The van der Waals surface area contributed by atoms with E-state index in [2.05, 4.69) is 39.7 Å². The van der Waals surface area contributed by atoms with E-state index in [-0.39, 0.29) is 6.10 Å². The van der Waals surface area contributed by atoms with Crippen LogP contribution in [-0.2, 0) is 4.74 Å². The van der Waals surface area contributed by atoms with Crippen molar-refractivity contribution < 1.29 is 4.74 Å². The van der Waals surface area contributed by atoms with E-state index < -0.39 is 0 Å². The lowest BCUT2D eigenvalue weighted by molar-refractivity contribution is 0.0572. The summed E-state index contributed by atoms with van der Waals surface area (Å²) in [6.45, 7) is 4.18. The third-order valence-electron chi connectivity index (χ3n) is 2.93. The highest BCUT2D eigenvalue weighted by Gasteiger charge is 2.30. The number of hydrogen-bond donors (Lipinski definition) is 0. The fourth-order valence-electron chi connectivity index (χ4n) is 1.88. The molecular weight excluding hydrogens is 304 g/mol. The molecule has 3 nitrogen and oxygen atoms in total. The van der Waals surface area contributed by atoms with Gasteiger partial charge >= 0.3 is 0 Å². The first-order valence-electron chi connectivity index (χ1n) is 5.80. The molecule has 1 aromatic heterocycles. The fourth-order valence-corrected chi connectivity index (χ4v) is 2.57. The van der Waals surface area contributed by atoms with Gasteiger partial charge in [0.05, 0.1) is 10.2 Å². The topological polar surface area (TPSA) is 35.0 Å². The van der Waals surface area contributed by atoms with Gasteiger partial charge in [-0.1, -0.05) is 25.4 Å². The van der Waals surface area contributed by atoms with Crippen LogP contribution < -0.4 is 0 Å². The molecule has 0 amide bonds. The summed E-state index contributed by atoms with van der Waals surface area (Å²) in [6.07, 6.45) is 2.27. The average molecular weight is 320 g/mol. The minimum absolute atomic E-state index is 0.0990. The van der Waals surface area contributed by atoms with Crippen LogP contribution >= 0.6 is 27.5 Å². The largest absolute Gasteiger partial charge is 0.373 e. The normalized spacial score (nSPS) is 17.5. The van der Waals surface area contributed by atoms with Crippen molar-refractivity contribution in [1.82, 2.24) is 9.97 Å². The number of halogens is 2. The molecule has 0 aromatic carbocycles. The number of hydrogen-bond acceptors (Lipinski definition) is 3. The van der Waals surface area contributed by atoms with Gasteiger partial charge in [-0.25, -0.2) is 9.97 Å². The summed E-state index contributed by atoms with van der Waals surface area (Å²) < 4.78 is 6.29. The van der Waals surface area contributed by atoms with Crippen LogP contribution in [0.5, 0.6) is 0 Å². The van der Waals surface area contributed by atoms with Crippen molar-refractivity contribution in [2.45, 2.75) is 38.7 Å². The molecule has 1 aromatic rings. The Hall–Kier alpha value is -0.190. The molecule has 17 heavy (non-hydrogen) atoms. The molecule has 1 atom stereocenters. The summed E-state index contributed by atoms with van der Waals surface area (Å²) in [5, 5.41) is 0.486. The van der Waals surface area contributed by atoms with Gasteiger partial charge in [-0.15, -0.1) is 0 Å². The second kappa shape index (κ2) is 5.21. The first-order valence-corrected chi connectivity index (χ1v) is 6.97.